The van der Waals surface area contributed by atoms with Gasteiger partial charge in [-0.3, -0.25) is 0 Å². The number of halogens is 1. The highest BCUT2D eigenvalue weighted by atomic mass is 35.5. The number of aromatic nitrogens is 1. The van der Waals surface area contributed by atoms with E-state index < -0.39 is 10.0 Å². The topological polar surface area (TPSA) is 50.3 Å². The van der Waals surface area contributed by atoms with Crippen molar-refractivity contribution in [3.05, 3.63) is 10.2 Å². The first-order valence-electron chi connectivity index (χ1n) is 7.25. The van der Waals surface area contributed by atoms with E-state index in [-0.39, 0.29) is 9.88 Å². The molecule has 1 aliphatic rings. The zero-order valence-electron chi connectivity index (χ0n) is 13.0. The van der Waals surface area contributed by atoms with Crippen LogP contribution in [0.2, 0.25) is 4.47 Å². The van der Waals surface area contributed by atoms with Gasteiger partial charge in [0.15, 0.2) is 8.68 Å². The van der Waals surface area contributed by atoms with Crippen LogP contribution in [0.4, 0.5) is 0 Å². The molecule has 1 aromatic heterocycles. The van der Waals surface area contributed by atoms with Gasteiger partial charge in [-0.2, -0.15) is 4.31 Å². The van der Waals surface area contributed by atoms with Crippen LogP contribution in [0.1, 0.15) is 45.7 Å². The molecule has 0 saturated carbocycles. The summed E-state index contributed by atoms with van der Waals surface area (Å²) in [7, 11) is -3.46. The van der Waals surface area contributed by atoms with Gasteiger partial charge in [-0.1, -0.05) is 43.7 Å². The minimum absolute atomic E-state index is 0.226. The monoisotopic (exact) mass is 350 g/mol. The number of nitrogens with zero attached hydrogens (tertiary/aromatic N) is 2. The molecule has 1 saturated heterocycles. The predicted molar refractivity (Wildman–Crippen MR) is 87.4 cm³/mol. The van der Waals surface area contributed by atoms with E-state index in [9.17, 15) is 8.42 Å². The lowest BCUT2D eigenvalue weighted by molar-refractivity contribution is 0.217. The van der Waals surface area contributed by atoms with Gasteiger partial charge in [0.2, 0.25) is 0 Å². The van der Waals surface area contributed by atoms with Crippen LogP contribution in [-0.4, -0.2) is 30.8 Å². The van der Waals surface area contributed by atoms with Crippen LogP contribution >= 0.6 is 22.9 Å². The van der Waals surface area contributed by atoms with Crippen LogP contribution in [0.15, 0.2) is 4.21 Å². The minimum atomic E-state index is -3.46. The Morgan fingerprint density at radius 3 is 2.48 bits per heavy atom. The number of hydrogen-bond donors (Lipinski definition) is 0. The average molecular weight is 351 g/mol. The first-order chi connectivity index (χ1) is 9.62. The Kier molecular flexibility index (Phi) is 5.03. The molecular formula is C14H23ClN2O2S2. The lowest BCUT2D eigenvalue weighted by atomic mass is 9.77. The van der Waals surface area contributed by atoms with E-state index in [2.05, 4.69) is 25.8 Å². The zero-order valence-corrected chi connectivity index (χ0v) is 15.4. The van der Waals surface area contributed by atoms with Crippen molar-refractivity contribution in [1.29, 1.82) is 0 Å². The highest BCUT2D eigenvalue weighted by molar-refractivity contribution is 7.91. The van der Waals surface area contributed by atoms with E-state index in [4.69, 9.17) is 11.6 Å². The molecule has 0 N–H and O–H groups in total. The van der Waals surface area contributed by atoms with Crippen LogP contribution in [0, 0.1) is 18.3 Å². The fraction of sp³-hybridized carbons (Fsp3) is 0.786. The summed E-state index contributed by atoms with van der Waals surface area (Å²) in [6.07, 6.45) is 2.90. The molecular weight excluding hydrogens is 328 g/mol. The first kappa shape index (κ1) is 17.2. The SMILES string of the molecule is Cc1nc(Cl)sc1S(=O)(=O)N1CCCC(C(C)(C)C)CC1. The Balaban J connectivity index is 2.20. The minimum Gasteiger partial charge on any atom is -0.229 e. The van der Waals surface area contributed by atoms with E-state index >= 15 is 0 Å². The Labute approximate surface area is 136 Å². The highest BCUT2D eigenvalue weighted by Gasteiger charge is 2.33. The molecule has 1 aromatic rings. The molecule has 0 aliphatic carbocycles. The first-order valence-corrected chi connectivity index (χ1v) is 9.89. The molecule has 1 unspecified atom stereocenters. The number of thiazole rings is 1. The van der Waals surface area contributed by atoms with Crippen LogP contribution < -0.4 is 0 Å². The van der Waals surface area contributed by atoms with Gasteiger partial charge in [0.1, 0.15) is 0 Å². The standard InChI is InChI=1S/C14H23ClN2O2S2/c1-10-12(20-13(15)16-10)21(18,19)17-8-5-6-11(7-9-17)14(2,3)4/h11H,5-9H2,1-4H3. The summed E-state index contributed by atoms with van der Waals surface area (Å²) in [5.74, 6) is 0.559. The molecule has 2 rings (SSSR count). The van der Waals surface area contributed by atoms with E-state index in [0.717, 1.165) is 30.6 Å². The molecule has 0 radical (unpaired) electrons. The largest absolute Gasteiger partial charge is 0.254 e. The molecule has 120 valence electrons. The second kappa shape index (κ2) is 6.14. The van der Waals surface area contributed by atoms with Gasteiger partial charge in [0.05, 0.1) is 5.69 Å². The van der Waals surface area contributed by atoms with Gasteiger partial charge < -0.3 is 0 Å². The third-order valence-electron chi connectivity index (χ3n) is 4.21. The summed E-state index contributed by atoms with van der Waals surface area (Å²) in [5.41, 5.74) is 0.727. The fourth-order valence-electron chi connectivity index (χ4n) is 2.88. The van der Waals surface area contributed by atoms with Crippen molar-refractivity contribution in [2.45, 2.75) is 51.2 Å². The molecule has 1 atom stereocenters. The van der Waals surface area contributed by atoms with Crippen LogP contribution in [0.3, 0.4) is 0 Å². The zero-order chi connectivity index (χ0) is 15.8. The van der Waals surface area contributed by atoms with Gasteiger partial charge >= 0.3 is 0 Å². The maximum atomic E-state index is 12.8. The summed E-state index contributed by atoms with van der Waals surface area (Å²) in [6, 6.07) is 0. The van der Waals surface area contributed by atoms with Crippen molar-refractivity contribution < 1.29 is 8.42 Å². The van der Waals surface area contributed by atoms with Crippen molar-refractivity contribution in [3.63, 3.8) is 0 Å². The number of rotatable bonds is 2. The van der Waals surface area contributed by atoms with Crippen LogP contribution in [0.25, 0.3) is 0 Å². The summed E-state index contributed by atoms with van der Waals surface area (Å²) in [4.78, 5) is 4.03. The molecule has 0 bridgehead atoms. The Morgan fingerprint density at radius 2 is 1.95 bits per heavy atom. The summed E-state index contributed by atoms with van der Waals surface area (Å²) in [5, 5.41) is 0. The van der Waals surface area contributed by atoms with Gasteiger partial charge in [-0.15, -0.1) is 0 Å². The van der Waals surface area contributed by atoms with Gasteiger partial charge in [0, 0.05) is 13.1 Å². The van der Waals surface area contributed by atoms with Gasteiger partial charge in [-0.25, -0.2) is 13.4 Å². The molecule has 2 heterocycles. The van der Waals surface area contributed by atoms with Crippen molar-refractivity contribution in [1.82, 2.24) is 9.29 Å². The molecule has 21 heavy (non-hydrogen) atoms. The number of hydrogen-bond acceptors (Lipinski definition) is 4. The van der Waals surface area contributed by atoms with Crippen LogP contribution in [0.5, 0.6) is 0 Å². The smallest absolute Gasteiger partial charge is 0.229 e. The van der Waals surface area contributed by atoms with Crippen molar-refractivity contribution in [3.8, 4) is 0 Å². The lowest BCUT2D eigenvalue weighted by Gasteiger charge is -2.29. The fourth-order valence-corrected chi connectivity index (χ4v) is 6.25. The van der Waals surface area contributed by atoms with Gasteiger partial charge in [-0.05, 0) is 37.5 Å². The van der Waals surface area contributed by atoms with Crippen molar-refractivity contribution in [2.75, 3.05) is 13.1 Å². The Bertz CT molecular complexity index is 605. The molecule has 1 fully saturated rings. The Morgan fingerprint density at radius 1 is 1.29 bits per heavy atom. The normalized spacial score (nSPS) is 22.2. The van der Waals surface area contributed by atoms with Crippen molar-refractivity contribution in [2.24, 2.45) is 11.3 Å². The third-order valence-corrected chi connectivity index (χ3v) is 7.96. The van der Waals surface area contributed by atoms with E-state index in [1.54, 1.807) is 11.2 Å². The second-order valence-corrected chi connectivity index (χ2v) is 10.5. The lowest BCUT2D eigenvalue weighted by Crippen LogP contribution is -2.32. The summed E-state index contributed by atoms with van der Waals surface area (Å²) in [6.45, 7) is 9.56. The summed E-state index contributed by atoms with van der Waals surface area (Å²) >= 11 is 6.90. The van der Waals surface area contributed by atoms with E-state index in [1.807, 2.05) is 0 Å². The predicted octanol–water partition coefficient (Wildman–Crippen LogP) is 3.94. The van der Waals surface area contributed by atoms with E-state index in [1.165, 1.54) is 0 Å². The summed E-state index contributed by atoms with van der Waals surface area (Å²) < 4.78 is 27.7. The van der Waals surface area contributed by atoms with Crippen molar-refractivity contribution >= 4 is 33.0 Å². The third kappa shape index (κ3) is 3.78. The maximum absolute atomic E-state index is 12.8. The Hall–Kier alpha value is -0.170. The van der Waals surface area contributed by atoms with Gasteiger partial charge in [0.25, 0.3) is 10.0 Å². The molecule has 0 spiro atoms. The number of sulfonamides is 1. The maximum Gasteiger partial charge on any atom is 0.254 e. The van der Waals surface area contributed by atoms with Crippen LogP contribution in [-0.2, 0) is 10.0 Å². The molecule has 4 nitrogen and oxygen atoms in total. The highest BCUT2D eigenvalue weighted by Crippen LogP contribution is 2.36. The molecule has 1 aliphatic heterocycles. The van der Waals surface area contributed by atoms with E-state index in [0.29, 0.717) is 28.9 Å². The number of aryl methyl sites for hydroxylation is 1. The average Bonchev–Trinajstić information content (AvgIpc) is 2.59. The molecule has 7 heteroatoms. The molecule has 0 aromatic carbocycles. The quantitative estimate of drug-likeness (QED) is 0.811. The molecule has 0 amide bonds. The second-order valence-electron chi connectivity index (χ2n) is 6.74.